The van der Waals surface area contributed by atoms with Gasteiger partial charge in [-0.1, -0.05) is 23.7 Å². The van der Waals surface area contributed by atoms with Crippen molar-refractivity contribution in [2.45, 2.75) is 17.7 Å². The van der Waals surface area contributed by atoms with Crippen molar-refractivity contribution < 1.29 is 12.8 Å². The smallest absolute Gasteiger partial charge is 0.263 e. The zero-order chi connectivity index (χ0) is 15.0. The van der Waals surface area contributed by atoms with E-state index in [1.807, 2.05) is 0 Å². The second-order valence-corrected chi connectivity index (χ2v) is 6.91. The van der Waals surface area contributed by atoms with Gasteiger partial charge in [-0.3, -0.25) is 4.31 Å². The predicted octanol–water partition coefficient (Wildman–Crippen LogP) is 3.02. The zero-order valence-corrected chi connectivity index (χ0v) is 12.5. The standard InChI is InChI=1S/C14H12ClFN2O2S/c15-14-12(7-2-8-17-14)21(19,20)18-9-3-5-10-4-1-6-11(16)13(10)18/h1-2,4,6-8H,3,5,9H2. The normalized spacial score (nSPS) is 14.9. The minimum absolute atomic E-state index is 0.109. The number of sulfonamides is 1. The maximum absolute atomic E-state index is 14.1. The van der Waals surface area contributed by atoms with E-state index in [2.05, 4.69) is 4.98 Å². The summed E-state index contributed by atoms with van der Waals surface area (Å²) in [5, 5.41) is -0.110. The summed E-state index contributed by atoms with van der Waals surface area (Å²) in [4.78, 5) is 3.68. The van der Waals surface area contributed by atoms with Gasteiger partial charge in [0.15, 0.2) is 0 Å². The molecule has 4 nitrogen and oxygen atoms in total. The number of benzene rings is 1. The average molecular weight is 327 g/mol. The molecule has 0 spiro atoms. The number of rotatable bonds is 2. The third kappa shape index (κ3) is 2.38. The van der Waals surface area contributed by atoms with Crippen LogP contribution in [-0.4, -0.2) is 19.9 Å². The highest BCUT2D eigenvalue weighted by atomic mass is 35.5. The van der Waals surface area contributed by atoms with Crippen molar-refractivity contribution in [3.05, 3.63) is 53.1 Å². The van der Waals surface area contributed by atoms with Crippen LogP contribution in [0.3, 0.4) is 0 Å². The Bertz CT molecular complexity index is 795. The highest BCUT2D eigenvalue weighted by Gasteiger charge is 2.32. The molecule has 0 atom stereocenters. The Hall–Kier alpha value is -1.66. The van der Waals surface area contributed by atoms with Crippen LogP contribution in [0.25, 0.3) is 0 Å². The fraction of sp³-hybridized carbons (Fsp3) is 0.214. The summed E-state index contributed by atoms with van der Waals surface area (Å²) in [6.45, 7) is 0.224. The van der Waals surface area contributed by atoms with E-state index < -0.39 is 15.8 Å². The number of hydrogen-bond donors (Lipinski definition) is 0. The van der Waals surface area contributed by atoms with Gasteiger partial charge in [-0.25, -0.2) is 17.8 Å². The fourth-order valence-electron chi connectivity index (χ4n) is 2.49. The van der Waals surface area contributed by atoms with Crippen LogP contribution in [0.2, 0.25) is 5.15 Å². The van der Waals surface area contributed by atoms with E-state index in [1.54, 1.807) is 12.1 Å². The summed E-state index contributed by atoms with van der Waals surface area (Å²) in [7, 11) is -3.93. The molecule has 1 aromatic heterocycles. The number of fused-ring (bicyclic) bond motifs is 1. The summed E-state index contributed by atoms with van der Waals surface area (Å²) in [6, 6.07) is 7.45. The molecule has 0 N–H and O–H groups in total. The fourth-order valence-corrected chi connectivity index (χ4v) is 4.47. The molecule has 1 aromatic carbocycles. The van der Waals surface area contributed by atoms with Gasteiger partial charge in [0.05, 0.1) is 5.69 Å². The Labute approximate surface area is 127 Å². The molecule has 2 heterocycles. The second-order valence-electron chi connectivity index (χ2n) is 4.72. The minimum atomic E-state index is -3.93. The maximum atomic E-state index is 14.1. The number of pyridine rings is 1. The molecule has 0 fully saturated rings. The van der Waals surface area contributed by atoms with Gasteiger partial charge in [0.25, 0.3) is 10.0 Å². The molecular formula is C14H12ClFN2O2S. The lowest BCUT2D eigenvalue weighted by atomic mass is 10.0. The third-order valence-electron chi connectivity index (χ3n) is 3.42. The van der Waals surface area contributed by atoms with Crippen molar-refractivity contribution in [2.75, 3.05) is 10.8 Å². The molecule has 0 saturated carbocycles. The lowest BCUT2D eigenvalue weighted by Gasteiger charge is -2.30. The van der Waals surface area contributed by atoms with Gasteiger partial charge in [0, 0.05) is 12.7 Å². The first kappa shape index (κ1) is 14.3. The van der Waals surface area contributed by atoms with Crippen molar-refractivity contribution in [1.29, 1.82) is 0 Å². The highest BCUT2D eigenvalue weighted by Crippen LogP contribution is 2.35. The number of halogens is 2. The lowest BCUT2D eigenvalue weighted by molar-refractivity contribution is 0.577. The van der Waals surface area contributed by atoms with Crippen molar-refractivity contribution in [3.63, 3.8) is 0 Å². The maximum Gasteiger partial charge on any atom is 0.267 e. The molecule has 0 bridgehead atoms. The molecule has 1 aliphatic heterocycles. The molecule has 110 valence electrons. The molecule has 0 unspecified atom stereocenters. The monoisotopic (exact) mass is 326 g/mol. The summed E-state index contributed by atoms with van der Waals surface area (Å²) < 4.78 is 40.7. The topological polar surface area (TPSA) is 50.3 Å². The quantitative estimate of drug-likeness (QED) is 0.797. The van der Waals surface area contributed by atoms with Crippen molar-refractivity contribution in [3.8, 4) is 0 Å². The number of aromatic nitrogens is 1. The van der Waals surface area contributed by atoms with Gasteiger partial charge < -0.3 is 0 Å². The van der Waals surface area contributed by atoms with E-state index in [-0.39, 0.29) is 22.3 Å². The van der Waals surface area contributed by atoms with Gasteiger partial charge in [0.1, 0.15) is 15.9 Å². The minimum Gasteiger partial charge on any atom is -0.263 e. The van der Waals surface area contributed by atoms with Crippen molar-refractivity contribution in [1.82, 2.24) is 4.98 Å². The average Bonchev–Trinajstić information content (AvgIpc) is 2.47. The number of para-hydroxylation sites is 1. The van der Waals surface area contributed by atoms with Gasteiger partial charge in [-0.05, 0) is 36.6 Å². The summed E-state index contributed by atoms with van der Waals surface area (Å²) in [5.74, 6) is -0.546. The predicted molar refractivity (Wildman–Crippen MR) is 78.5 cm³/mol. The highest BCUT2D eigenvalue weighted by molar-refractivity contribution is 7.93. The van der Waals surface area contributed by atoms with Gasteiger partial charge in [-0.15, -0.1) is 0 Å². The van der Waals surface area contributed by atoms with Crippen LogP contribution in [-0.2, 0) is 16.4 Å². The number of nitrogens with zero attached hydrogens (tertiary/aromatic N) is 2. The Morgan fingerprint density at radius 1 is 1.24 bits per heavy atom. The number of aryl methyl sites for hydroxylation is 1. The van der Waals surface area contributed by atoms with Crippen LogP contribution in [0.15, 0.2) is 41.4 Å². The first-order valence-electron chi connectivity index (χ1n) is 6.42. The first-order chi connectivity index (χ1) is 10.0. The van der Waals surface area contributed by atoms with E-state index in [0.29, 0.717) is 18.4 Å². The molecule has 0 aliphatic carbocycles. The lowest BCUT2D eigenvalue weighted by Crippen LogP contribution is -2.36. The Morgan fingerprint density at radius 3 is 2.81 bits per heavy atom. The Morgan fingerprint density at radius 2 is 2.05 bits per heavy atom. The Balaban J connectivity index is 2.17. The van der Waals surface area contributed by atoms with E-state index in [9.17, 15) is 12.8 Å². The van der Waals surface area contributed by atoms with Crippen molar-refractivity contribution >= 4 is 27.3 Å². The summed E-state index contributed by atoms with van der Waals surface area (Å²) in [5.41, 5.74) is 0.800. The zero-order valence-electron chi connectivity index (χ0n) is 11.0. The number of anilines is 1. The molecule has 0 amide bonds. The van der Waals surface area contributed by atoms with E-state index in [0.717, 1.165) is 4.31 Å². The van der Waals surface area contributed by atoms with Crippen LogP contribution in [0.1, 0.15) is 12.0 Å². The van der Waals surface area contributed by atoms with Gasteiger partial charge in [-0.2, -0.15) is 0 Å². The van der Waals surface area contributed by atoms with Crippen LogP contribution in [0.5, 0.6) is 0 Å². The molecule has 21 heavy (non-hydrogen) atoms. The third-order valence-corrected chi connectivity index (χ3v) is 5.66. The van der Waals surface area contributed by atoms with E-state index >= 15 is 0 Å². The molecule has 7 heteroatoms. The molecule has 0 saturated heterocycles. The largest absolute Gasteiger partial charge is 0.267 e. The van der Waals surface area contributed by atoms with Gasteiger partial charge >= 0.3 is 0 Å². The number of hydrogen-bond acceptors (Lipinski definition) is 3. The SMILES string of the molecule is O=S(=O)(c1cccnc1Cl)N1CCCc2cccc(F)c21. The summed E-state index contributed by atoms with van der Waals surface area (Å²) in [6.07, 6.45) is 2.69. The van der Waals surface area contributed by atoms with Gasteiger partial charge in [0.2, 0.25) is 0 Å². The second kappa shape index (κ2) is 5.27. The molecule has 0 radical (unpaired) electrons. The van der Waals surface area contributed by atoms with E-state index in [4.69, 9.17) is 11.6 Å². The van der Waals surface area contributed by atoms with Crippen LogP contribution < -0.4 is 4.31 Å². The molecule has 2 aromatic rings. The Kier molecular flexibility index (Phi) is 3.59. The molecular weight excluding hydrogens is 315 g/mol. The van der Waals surface area contributed by atoms with E-state index in [1.165, 1.54) is 24.4 Å². The van der Waals surface area contributed by atoms with Crippen LogP contribution in [0.4, 0.5) is 10.1 Å². The summed E-state index contributed by atoms with van der Waals surface area (Å²) >= 11 is 5.88. The molecule has 1 aliphatic rings. The van der Waals surface area contributed by atoms with Crippen molar-refractivity contribution in [2.24, 2.45) is 0 Å². The van der Waals surface area contributed by atoms with Crippen LogP contribution in [0, 0.1) is 5.82 Å². The van der Waals surface area contributed by atoms with Crippen LogP contribution >= 0.6 is 11.6 Å². The molecule has 3 rings (SSSR count). The first-order valence-corrected chi connectivity index (χ1v) is 8.24.